The quantitative estimate of drug-likeness (QED) is 0.879. The van der Waals surface area contributed by atoms with E-state index in [2.05, 4.69) is 15.0 Å². The largest absolute Gasteiger partial charge is 0.478 e. The van der Waals surface area contributed by atoms with Crippen LogP contribution in [-0.4, -0.2) is 34.8 Å². The minimum absolute atomic E-state index is 0.375. The highest BCUT2D eigenvalue weighted by molar-refractivity contribution is 5.71. The molecule has 0 aliphatic carbocycles. The minimum atomic E-state index is 0.375. The third kappa shape index (κ3) is 1.98. The number of rotatable bonds is 3. The zero-order valence-corrected chi connectivity index (χ0v) is 9.77. The van der Waals surface area contributed by atoms with Crippen LogP contribution in [0.15, 0.2) is 12.1 Å². The van der Waals surface area contributed by atoms with Crippen LogP contribution in [0.4, 0.5) is 0 Å². The number of H-pyrrole nitrogens is 1. The molecule has 1 fully saturated rings. The predicted octanol–water partition coefficient (Wildman–Crippen LogP) is 1.86. The Morgan fingerprint density at radius 2 is 2.41 bits per heavy atom. The monoisotopic (exact) mass is 233 g/mol. The molecule has 0 radical (unpaired) electrons. The number of fused-ring (bicyclic) bond motifs is 1. The van der Waals surface area contributed by atoms with Gasteiger partial charge in [0.25, 0.3) is 0 Å². The molecule has 3 rings (SSSR count). The molecule has 90 valence electrons. The first-order valence-corrected chi connectivity index (χ1v) is 5.94. The minimum Gasteiger partial charge on any atom is -0.478 e. The molecule has 2 aromatic rings. The molecule has 0 amide bonds. The van der Waals surface area contributed by atoms with Gasteiger partial charge in [-0.05, 0) is 19.4 Å². The van der Waals surface area contributed by atoms with E-state index >= 15 is 0 Å². The fourth-order valence-corrected chi connectivity index (χ4v) is 2.07. The normalized spacial score (nSPS) is 19.9. The lowest BCUT2D eigenvalue weighted by molar-refractivity contribution is 0.193. The number of ether oxygens (including phenoxy) is 2. The molecule has 1 N–H and O–H groups in total. The van der Waals surface area contributed by atoms with Crippen LogP contribution >= 0.6 is 0 Å². The molecule has 1 unspecified atom stereocenters. The van der Waals surface area contributed by atoms with E-state index in [4.69, 9.17) is 9.47 Å². The highest BCUT2D eigenvalue weighted by Crippen LogP contribution is 2.25. The van der Waals surface area contributed by atoms with Crippen LogP contribution < -0.4 is 4.74 Å². The fraction of sp³-hybridized carbons (Fsp3) is 0.500. The Morgan fingerprint density at radius 1 is 1.47 bits per heavy atom. The Kier molecular flexibility index (Phi) is 2.68. The number of hydrogen-bond donors (Lipinski definition) is 1. The van der Waals surface area contributed by atoms with Gasteiger partial charge < -0.3 is 14.5 Å². The lowest BCUT2D eigenvalue weighted by Gasteiger charge is -2.00. The zero-order valence-electron chi connectivity index (χ0n) is 9.77. The van der Waals surface area contributed by atoms with E-state index < -0.39 is 0 Å². The Bertz CT molecular complexity index is 517. The van der Waals surface area contributed by atoms with Crippen molar-refractivity contribution >= 4 is 11.2 Å². The molecule has 0 aromatic carbocycles. The molecule has 1 atom stereocenters. The van der Waals surface area contributed by atoms with Crippen molar-refractivity contribution in [1.29, 1.82) is 0 Å². The van der Waals surface area contributed by atoms with Gasteiger partial charge in [-0.3, -0.25) is 0 Å². The average Bonchev–Trinajstić information content (AvgIpc) is 2.97. The van der Waals surface area contributed by atoms with E-state index in [-0.39, 0.29) is 0 Å². The van der Waals surface area contributed by atoms with Gasteiger partial charge in [-0.15, -0.1) is 0 Å². The van der Waals surface area contributed by atoms with Crippen molar-refractivity contribution in [2.45, 2.75) is 19.3 Å². The summed E-state index contributed by atoms with van der Waals surface area (Å²) in [6.07, 6.45) is 1.03. The smallest absolute Gasteiger partial charge is 0.215 e. The molecular weight excluding hydrogens is 218 g/mol. The van der Waals surface area contributed by atoms with Crippen LogP contribution in [0.25, 0.3) is 11.2 Å². The highest BCUT2D eigenvalue weighted by atomic mass is 16.5. The molecule has 0 spiro atoms. The van der Waals surface area contributed by atoms with E-state index in [0.717, 1.165) is 36.6 Å². The zero-order chi connectivity index (χ0) is 11.7. The molecule has 1 aliphatic rings. The van der Waals surface area contributed by atoms with Crippen LogP contribution in [0.1, 0.15) is 25.1 Å². The van der Waals surface area contributed by atoms with E-state index in [1.165, 1.54) is 0 Å². The summed E-state index contributed by atoms with van der Waals surface area (Å²) >= 11 is 0. The van der Waals surface area contributed by atoms with Crippen LogP contribution in [0.2, 0.25) is 0 Å². The van der Waals surface area contributed by atoms with Crippen molar-refractivity contribution < 1.29 is 9.47 Å². The summed E-state index contributed by atoms with van der Waals surface area (Å²) in [5.74, 6) is 1.97. The molecule has 0 bridgehead atoms. The first-order chi connectivity index (χ1) is 8.36. The Morgan fingerprint density at radius 3 is 3.18 bits per heavy atom. The fourth-order valence-electron chi connectivity index (χ4n) is 2.07. The van der Waals surface area contributed by atoms with Crippen LogP contribution in [0.3, 0.4) is 0 Å². The number of pyridine rings is 1. The van der Waals surface area contributed by atoms with Crippen molar-refractivity contribution in [3.05, 3.63) is 18.0 Å². The van der Waals surface area contributed by atoms with Gasteiger partial charge in [0, 0.05) is 18.6 Å². The second-order valence-corrected chi connectivity index (χ2v) is 4.14. The van der Waals surface area contributed by atoms with Gasteiger partial charge in [0.1, 0.15) is 5.82 Å². The number of aromatic amines is 1. The number of hydrogen-bond acceptors (Lipinski definition) is 4. The summed E-state index contributed by atoms with van der Waals surface area (Å²) in [5, 5.41) is 0. The number of nitrogens with zero attached hydrogens (tertiary/aromatic N) is 2. The third-order valence-electron chi connectivity index (χ3n) is 2.95. The van der Waals surface area contributed by atoms with Gasteiger partial charge in [-0.1, -0.05) is 0 Å². The Labute approximate surface area is 99.2 Å². The number of imidazole rings is 1. The molecule has 17 heavy (non-hydrogen) atoms. The first kappa shape index (κ1) is 10.5. The SMILES string of the molecule is CCOc1ccc2[nH]c(C3CCOC3)nc2n1. The average molecular weight is 233 g/mol. The topological polar surface area (TPSA) is 60.0 Å². The third-order valence-corrected chi connectivity index (χ3v) is 2.95. The summed E-state index contributed by atoms with van der Waals surface area (Å²) < 4.78 is 10.7. The molecule has 2 aromatic heterocycles. The van der Waals surface area contributed by atoms with Crippen molar-refractivity contribution in [3.63, 3.8) is 0 Å². The molecule has 1 aliphatic heterocycles. The molecule has 5 nitrogen and oxygen atoms in total. The summed E-state index contributed by atoms with van der Waals surface area (Å²) in [5.41, 5.74) is 1.67. The van der Waals surface area contributed by atoms with E-state index in [0.29, 0.717) is 18.4 Å². The van der Waals surface area contributed by atoms with Crippen molar-refractivity contribution in [3.8, 4) is 5.88 Å². The lowest BCUT2D eigenvalue weighted by Crippen LogP contribution is -1.99. The molecule has 0 saturated carbocycles. The van der Waals surface area contributed by atoms with Crippen molar-refractivity contribution in [2.24, 2.45) is 0 Å². The van der Waals surface area contributed by atoms with Crippen molar-refractivity contribution in [2.75, 3.05) is 19.8 Å². The van der Waals surface area contributed by atoms with Gasteiger partial charge in [0.05, 0.1) is 18.7 Å². The van der Waals surface area contributed by atoms with Gasteiger partial charge in [-0.2, -0.15) is 4.98 Å². The van der Waals surface area contributed by atoms with Gasteiger partial charge in [0.2, 0.25) is 5.88 Å². The second kappa shape index (κ2) is 4.33. The summed E-state index contributed by atoms with van der Waals surface area (Å²) in [7, 11) is 0. The van der Waals surface area contributed by atoms with Gasteiger partial charge >= 0.3 is 0 Å². The molecule has 5 heteroatoms. The molecule has 3 heterocycles. The highest BCUT2D eigenvalue weighted by Gasteiger charge is 2.21. The maximum absolute atomic E-state index is 5.36. The maximum Gasteiger partial charge on any atom is 0.215 e. The summed E-state index contributed by atoms with van der Waals surface area (Å²) in [4.78, 5) is 12.2. The Hall–Kier alpha value is -1.62. The standard InChI is InChI=1S/C12H15N3O2/c1-2-17-10-4-3-9-12(14-10)15-11(13-9)8-5-6-16-7-8/h3-4,8H,2,5-7H2,1H3,(H,13,14,15). The van der Waals surface area contributed by atoms with Crippen LogP contribution in [0, 0.1) is 0 Å². The van der Waals surface area contributed by atoms with E-state index in [1.807, 2.05) is 19.1 Å². The van der Waals surface area contributed by atoms with Crippen LogP contribution in [0.5, 0.6) is 5.88 Å². The van der Waals surface area contributed by atoms with E-state index in [1.54, 1.807) is 0 Å². The summed E-state index contributed by atoms with van der Waals surface area (Å²) in [6.45, 7) is 4.13. The Balaban J connectivity index is 1.94. The maximum atomic E-state index is 5.36. The summed E-state index contributed by atoms with van der Waals surface area (Å²) in [6, 6.07) is 3.82. The first-order valence-electron chi connectivity index (χ1n) is 5.94. The van der Waals surface area contributed by atoms with Gasteiger partial charge in [-0.25, -0.2) is 4.98 Å². The molecule has 1 saturated heterocycles. The number of nitrogens with one attached hydrogen (secondary N) is 1. The van der Waals surface area contributed by atoms with Gasteiger partial charge in [0.15, 0.2) is 5.65 Å². The number of aromatic nitrogens is 3. The lowest BCUT2D eigenvalue weighted by atomic mass is 10.1. The van der Waals surface area contributed by atoms with Crippen LogP contribution in [-0.2, 0) is 4.74 Å². The van der Waals surface area contributed by atoms with E-state index in [9.17, 15) is 0 Å². The second-order valence-electron chi connectivity index (χ2n) is 4.14. The van der Waals surface area contributed by atoms with Crippen molar-refractivity contribution in [1.82, 2.24) is 15.0 Å². The predicted molar refractivity (Wildman–Crippen MR) is 63.2 cm³/mol. The molecular formula is C12H15N3O2.